The van der Waals surface area contributed by atoms with Crippen LogP contribution in [-0.4, -0.2) is 11.0 Å². The lowest BCUT2D eigenvalue weighted by Crippen LogP contribution is -2.30. The molecule has 2 aromatic rings. The van der Waals surface area contributed by atoms with Crippen LogP contribution in [0.3, 0.4) is 0 Å². The van der Waals surface area contributed by atoms with Crippen molar-refractivity contribution in [2.45, 2.75) is 51.1 Å². The van der Waals surface area contributed by atoms with Crippen molar-refractivity contribution in [2.24, 2.45) is 5.92 Å². The predicted octanol–water partition coefficient (Wildman–Crippen LogP) is 3.73. The molecule has 4 rings (SSSR count). The van der Waals surface area contributed by atoms with Crippen LogP contribution in [0.15, 0.2) is 22.6 Å². The largest absolute Gasteiger partial charge is 0.439 e. The average Bonchev–Trinajstić information content (AvgIpc) is 3.00. The first-order valence-electron chi connectivity index (χ1n) is 7.43. The number of fused-ring (bicyclic) bond motifs is 2. The second kappa shape index (κ2) is 4.34. The second-order valence-electron chi connectivity index (χ2n) is 6.13. The van der Waals surface area contributed by atoms with E-state index in [1.807, 2.05) is 6.07 Å². The molecule has 2 aliphatic rings. The van der Waals surface area contributed by atoms with E-state index >= 15 is 0 Å². The van der Waals surface area contributed by atoms with Gasteiger partial charge in [-0.05, 0) is 49.8 Å². The van der Waals surface area contributed by atoms with E-state index in [4.69, 9.17) is 4.42 Å². The second-order valence-corrected chi connectivity index (χ2v) is 6.13. The first-order valence-corrected chi connectivity index (χ1v) is 7.43. The highest BCUT2D eigenvalue weighted by molar-refractivity contribution is 5.73. The Morgan fingerprint density at radius 1 is 1.26 bits per heavy atom. The highest BCUT2D eigenvalue weighted by Gasteiger charge is 2.37. The monoisotopic (exact) mass is 256 g/mol. The molecule has 0 amide bonds. The molecule has 1 N–H and O–H groups in total. The summed E-state index contributed by atoms with van der Waals surface area (Å²) in [6.07, 6.45) is 6.64. The summed E-state index contributed by atoms with van der Waals surface area (Å²) in [6.45, 7) is 2.09. The van der Waals surface area contributed by atoms with E-state index in [9.17, 15) is 0 Å². The van der Waals surface area contributed by atoms with Gasteiger partial charge in [0.05, 0.1) is 6.04 Å². The Kier molecular flexibility index (Phi) is 2.62. The fourth-order valence-electron chi connectivity index (χ4n) is 3.71. The Morgan fingerprint density at radius 2 is 2.16 bits per heavy atom. The van der Waals surface area contributed by atoms with Gasteiger partial charge in [0.25, 0.3) is 0 Å². The molecule has 1 saturated heterocycles. The van der Waals surface area contributed by atoms with Crippen LogP contribution in [0.5, 0.6) is 0 Å². The van der Waals surface area contributed by atoms with E-state index in [-0.39, 0.29) is 0 Å². The number of oxazole rings is 1. The minimum absolute atomic E-state index is 0.320. The van der Waals surface area contributed by atoms with Crippen LogP contribution >= 0.6 is 0 Å². The number of hydrogen-bond acceptors (Lipinski definition) is 3. The van der Waals surface area contributed by atoms with E-state index in [1.54, 1.807) is 0 Å². The minimum atomic E-state index is 0.320. The van der Waals surface area contributed by atoms with Crippen molar-refractivity contribution in [2.75, 3.05) is 0 Å². The summed E-state index contributed by atoms with van der Waals surface area (Å²) in [4.78, 5) is 4.68. The molecule has 0 radical (unpaired) electrons. The van der Waals surface area contributed by atoms with Gasteiger partial charge in [0.15, 0.2) is 5.58 Å². The molecule has 1 aliphatic carbocycles. The van der Waals surface area contributed by atoms with Gasteiger partial charge in [-0.1, -0.05) is 18.9 Å². The maximum Gasteiger partial charge on any atom is 0.212 e. The number of hydrogen-bond donors (Lipinski definition) is 1. The van der Waals surface area contributed by atoms with Crippen LogP contribution < -0.4 is 5.32 Å². The molecule has 0 bridgehead atoms. The molecule has 19 heavy (non-hydrogen) atoms. The Morgan fingerprint density at radius 3 is 3.05 bits per heavy atom. The summed E-state index contributed by atoms with van der Waals surface area (Å²) in [5.74, 6) is 1.71. The molecule has 100 valence electrons. The van der Waals surface area contributed by atoms with Crippen molar-refractivity contribution in [3.63, 3.8) is 0 Å². The molecule has 3 nitrogen and oxygen atoms in total. The summed E-state index contributed by atoms with van der Waals surface area (Å²) in [5.41, 5.74) is 3.14. The van der Waals surface area contributed by atoms with Gasteiger partial charge < -0.3 is 9.73 Å². The van der Waals surface area contributed by atoms with Crippen LogP contribution in [-0.2, 0) is 0 Å². The summed E-state index contributed by atoms with van der Waals surface area (Å²) < 4.78 is 5.94. The van der Waals surface area contributed by atoms with Crippen molar-refractivity contribution in [1.29, 1.82) is 0 Å². The Labute approximate surface area is 113 Å². The Balaban J connectivity index is 1.64. The van der Waals surface area contributed by atoms with E-state index in [0.717, 1.165) is 22.9 Å². The van der Waals surface area contributed by atoms with E-state index in [0.29, 0.717) is 12.1 Å². The van der Waals surface area contributed by atoms with E-state index < -0.39 is 0 Å². The Bertz CT molecular complexity index is 590. The molecule has 0 spiro atoms. The van der Waals surface area contributed by atoms with Gasteiger partial charge in [0, 0.05) is 6.04 Å². The smallest absolute Gasteiger partial charge is 0.212 e. The van der Waals surface area contributed by atoms with Gasteiger partial charge in [0.2, 0.25) is 5.89 Å². The standard InChI is InChI=1S/C16H20N2O/c1-10-6-7-15-13(8-10)18-16(19-15)14-9-11-4-2-3-5-12(11)17-14/h6-8,11-12,14,17H,2-5,9H2,1H3. The predicted molar refractivity (Wildman–Crippen MR) is 75.0 cm³/mol. The molecule has 1 saturated carbocycles. The Hall–Kier alpha value is -1.35. The highest BCUT2D eigenvalue weighted by Crippen LogP contribution is 2.39. The van der Waals surface area contributed by atoms with Crippen LogP contribution in [0, 0.1) is 12.8 Å². The van der Waals surface area contributed by atoms with Gasteiger partial charge >= 0.3 is 0 Å². The number of aryl methyl sites for hydroxylation is 1. The van der Waals surface area contributed by atoms with Crippen LogP contribution in [0.25, 0.3) is 11.1 Å². The topological polar surface area (TPSA) is 38.1 Å². The van der Waals surface area contributed by atoms with Gasteiger partial charge in [-0.3, -0.25) is 0 Å². The number of nitrogens with zero attached hydrogens (tertiary/aromatic N) is 1. The third kappa shape index (κ3) is 1.96. The molecular formula is C16H20N2O. The normalized spacial score (nSPS) is 30.7. The van der Waals surface area contributed by atoms with E-state index in [1.165, 1.54) is 37.7 Å². The molecule has 2 fully saturated rings. The number of aromatic nitrogens is 1. The quantitative estimate of drug-likeness (QED) is 0.845. The van der Waals surface area contributed by atoms with Gasteiger partial charge in [-0.25, -0.2) is 4.98 Å². The van der Waals surface area contributed by atoms with Gasteiger partial charge in [-0.2, -0.15) is 0 Å². The van der Waals surface area contributed by atoms with Crippen molar-refractivity contribution in [1.82, 2.24) is 10.3 Å². The molecule has 1 aromatic heterocycles. The van der Waals surface area contributed by atoms with Crippen molar-refractivity contribution in [3.8, 4) is 0 Å². The molecule has 3 unspecified atom stereocenters. The zero-order chi connectivity index (χ0) is 12.8. The third-order valence-corrected chi connectivity index (χ3v) is 4.72. The summed E-state index contributed by atoms with van der Waals surface area (Å²) >= 11 is 0. The zero-order valence-electron chi connectivity index (χ0n) is 11.4. The molecule has 2 heterocycles. The summed E-state index contributed by atoms with van der Waals surface area (Å²) in [7, 11) is 0. The first kappa shape index (κ1) is 11.5. The first-order chi connectivity index (χ1) is 9.29. The summed E-state index contributed by atoms with van der Waals surface area (Å²) in [6, 6.07) is 7.23. The van der Waals surface area contributed by atoms with Crippen LogP contribution in [0.1, 0.15) is 49.6 Å². The highest BCUT2D eigenvalue weighted by atomic mass is 16.3. The molecular weight excluding hydrogens is 236 g/mol. The summed E-state index contributed by atoms with van der Waals surface area (Å²) in [5, 5.41) is 3.73. The third-order valence-electron chi connectivity index (χ3n) is 4.72. The number of benzene rings is 1. The molecule has 1 aliphatic heterocycles. The van der Waals surface area contributed by atoms with Gasteiger partial charge in [-0.15, -0.1) is 0 Å². The molecule has 3 atom stereocenters. The SMILES string of the molecule is Cc1ccc2oc(C3CC4CCCCC4N3)nc2c1. The zero-order valence-corrected chi connectivity index (χ0v) is 11.4. The maximum absolute atomic E-state index is 5.94. The van der Waals surface area contributed by atoms with Crippen molar-refractivity contribution >= 4 is 11.1 Å². The molecule has 3 heteroatoms. The fourth-order valence-corrected chi connectivity index (χ4v) is 3.71. The van der Waals surface area contributed by atoms with E-state index in [2.05, 4.69) is 29.4 Å². The lowest BCUT2D eigenvalue weighted by Gasteiger charge is -2.24. The van der Waals surface area contributed by atoms with Crippen LogP contribution in [0.4, 0.5) is 0 Å². The average molecular weight is 256 g/mol. The van der Waals surface area contributed by atoms with Crippen molar-refractivity contribution < 1.29 is 4.42 Å². The van der Waals surface area contributed by atoms with Crippen LogP contribution in [0.2, 0.25) is 0 Å². The van der Waals surface area contributed by atoms with Gasteiger partial charge in [0.1, 0.15) is 5.52 Å². The fraction of sp³-hybridized carbons (Fsp3) is 0.562. The lowest BCUT2D eigenvalue weighted by molar-refractivity contribution is 0.325. The number of rotatable bonds is 1. The lowest BCUT2D eigenvalue weighted by atomic mass is 9.85. The van der Waals surface area contributed by atoms with Crippen molar-refractivity contribution in [3.05, 3.63) is 29.7 Å². The number of nitrogens with one attached hydrogen (secondary N) is 1. The molecule has 1 aromatic carbocycles. The minimum Gasteiger partial charge on any atom is -0.439 e. The maximum atomic E-state index is 5.94.